The van der Waals surface area contributed by atoms with Crippen LogP contribution in [0.2, 0.25) is 0 Å². The number of carbonyl (C=O) groups is 2. The summed E-state index contributed by atoms with van der Waals surface area (Å²) in [6, 6.07) is 16.3. The summed E-state index contributed by atoms with van der Waals surface area (Å²) in [4.78, 5) is 27.4. The molecule has 0 saturated carbocycles. The zero-order valence-corrected chi connectivity index (χ0v) is 17.7. The molecule has 0 amide bonds. The number of hydrogen-bond acceptors (Lipinski definition) is 5. The van der Waals surface area contributed by atoms with Crippen LogP contribution >= 0.6 is 0 Å². The molecule has 1 aliphatic heterocycles. The molecule has 4 rings (SSSR count). The molecule has 1 spiro atoms. The van der Waals surface area contributed by atoms with Crippen molar-refractivity contribution in [2.45, 2.75) is 44.8 Å². The highest BCUT2D eigenvalue weighted by Gasteiger charge is 2.49. The minimum absolute atomic E-state index is 0.0185. The standard InChI is InChI=1S/C25H29NO4/c1-3-29-24(28)21-16-26(2)25(15-23(21)27)13-7-10-19-11-12-20(14-22(19)25)30-17-18-8-5-4-6-9-18/h4-6,8-9,11-12,14,21H,3,7,10,13,15-17H2,1-2H3. The maximum atomic E-state index is 13.0. The molecule has 1 saturated heterocycles. The molecule has 2 aromatic carbocycles. The van der Waals surface area contributed by atoms with E-state index in [1.54, 1.807) is 6.92 Å². The molecule has 0 aromatic heterocycles. The predicted octanol–water partition coefficient (Wildman–Crippen LogP) is 3.88. The van der Waals surface area contributed by atoms with Crippen LogP contribution < -0.4 is 4.74 Å². The topological polar surface area (TPSA) is 55.8 Å². The van der Waals surface area contributed by atoms with Crippen LogP contribution in [0.25, 0.3) is 0 Å². The Balaban J connectivity index is 1.59. The van der Waals surface area contributed by atoms with Gasteiger partial charge in [-0.25, -0.2) is 0 Å². The second-order valence-corrected chi connectivity index (χ2v) is 8.31. The molecule has 2 aromatic rings. The maximum absolute atomic E-state index is 13.0. The number of piperidine rings is 1. The van der Waals surface area contributed by atoms with Gasteiger partial charge in [0.25, 0.3) is 0 Å². The number of benzene rings is 2. The Kier molecular flexibility index (Phi) is 5.91. The normalized spacial score (nSPS) is 23.8. The van der Waals surface area contributed by atoms with E-state index in [4.69, 9.17) is 9.47 Å². The second kappa shape index (κ2) is 8.60. The zero-order chi connectivity index (χ0) is 21.1. The number of Topliss-reactive ketones (excluding diaryl/α,β-unsaturated/α-hetero) is 1. The van der Waals surface area contributed by atoms with Gasteiger partial charge in [0.2, 0.25) is 0 Å². The lowest BCUT2D eigenvalue weighted by Crippen LogP contribution is -2.56. The van der Waals surface area contributed by atoms with Gasteiger partial charge in [0.05, 0.1) is 12.1 Å². The van der Waals surface area contributed by atoms with Crippen molar-refractivity contribution in [2.24, 2.45) is 5.92 Å². The van der Waals surface area contributed by atoms with Gasteiger partial charge < -0.3 is 9.47 Å². The summed E-state index contributed by atoms with van der Waals surface area (Å²) in [6.45, 7) is 2.96. The average Bonchev–Trinajstić information content (AvgIpc) is 2.76. The fraction of sp³-hybridized carbons (Fsp3) is 0.440. The van der Waals surface area contributed by atoms with Crippen LogP contribution in [0.3, 0.4) is 0 Å². The molecular formula is C25H29NO4. The first-order valence-corrected chi connectivity index (χ1v) is 10.7. The summed E-state index contributed by atoms with van der Waals surface area (Å²) in [7, 11) is 2.02. The van der Waals surface area contributed by atoms with Crippen LogP contribution in [0.5, 0.6) is 5.75 Å². The maximum Gasteiger partial charge on any atom is 0.317 e. The fourth-order valence-electron chi connectivity index (χ4n) is 4.87. The summed E-state index contributed by atoms with van der Waals surface area (Å²) in [5.41, 5.74) is 3.17. The zero-order valence-electron chi connectivity index (χ0n) is 17.7. The SMILES string of the molecule is CCOC(=O)C1CN(C)C2(CCCc3ccc(OCc4ccccc4)cc32)CC1=O. The van der Waals surface area contributed by atoms with Crippen molar-refractivity contribution in [1.82, 2.24) is 4.90 Å². The molecule has 5 nitrogen and oxygen atoms in total. The quantitative estimate of drug-likeness (QED) is 0.556. The first-order chi connectivity index (χ1) is 14.5. The van der Waals surface area contributed by atoms with Gasteiger partial charge >= 0.3 is 5.97 Å². The van der Waals surface area contributed by atoms with Crippen molar-refractivity contribution in [3.63, 3.8) is 0 Å². The fourth-order valence-corrected chi connectivity index (χ4v) is 4.87. The molecule has 1 fully saturated rings. The van der Waals surface area contributed by atoms with E-state index in [-0.39, 0.29) is 11.3 Å². The number of aryl methyl sites for hydroxylation is 1. The minimum atomic E-state index is -0.691. The molecule has 0 radical (unpaired) electrons. The molecule has 1 aliphatic carbocycles. The number of esters is 1. The number of nitrogens with zero attached hydrogens (tertiary/aromatic N) is 1. The smallest absolute Gasteiger partial charge is 0.317 e. The molecular weight excluding hydrogens is 378 g/mol. The molecule has 30 heavy (non-hydrogen) atoms. The third kappa shape index (κ3) is 3.86. The Bertz CT molecular complexity index is 926. The van der Waals surface area contributed by atoms with Crippen LogP contribution in [0, 0.1) is 5.92 Å². The largest absolute Gasteiger partial charge is 0.489 e. The van der Waals surface area contributed by atoms with Crippen molar-refractivity contribution in [2.75, 3.05) is 20.2 Å². The van der Waals surface area contributed by atoms with Crippen LogP contribution in [-0.4, -0.2) is 36.9 Å². The summed E-state index contributed by atoms with van der Waals surface area (Å²) in [5, 5.41) is 0. The van der Waals surface area contributed by atoms with E-state index in [0.717, 1.165) is 36.1 Å². The summed E-state index contributed by atoms with van der Waals surface area (Å²) in [5.74, 6) is -0.300. The van der Waals surface area contributed by atoms with Crippen LogP contribution in [0.4, 0.5) is 0 Å². The van der Waals surface area contributed by atoms with Crippen LogP contribution in [-0.2, 0) is 32.9 Å². The van der Waals surface area contributed by atoms with Gasteiger partial charge in [0.1, 0.15) is 18.3 Å². The predicted molar refractivity (Wildman–Crippen MR) is 114 cm³/mol. The van der Waals surface area contributed by atoms with E-state index < -0.39 is 11.9 Å². The van der Waals surface area contributed by atoms with Gasteiger partial charge in [-0.15, -0.1) is 0 Å². The molecule has 2 aliphatic rings. The first-order valence-electron chi connectivity index (χ1n) is 10.7. The molecule has 5 heteroatoms. The minimum Gasteiger partial charge on any atom is -0.489 e. The van der Waals surface area contributed by atoms with E-state index in [1.807, 2.05) is 43.4 Å². The Morgan fingerprint density at radius 2 is 2.00 bits per heavy atom. The number of carbonyl (C=O) groups excluding carboxylic acids is 2. The highest BCUT2D eigenvalue weighted by atomic mass is 16.5. The van der Waals surface area contributed by atoms with Gasteiger partial charge in [-0.1, -0.05) is 36.4 Å². The number of ketones is 1. The lowest BCUT2D eigenvalue weighted by atomic mass is 9.69. The molecule has 2 unspecified atom stereocenters. The van der Waals surface area contributed by atoms with E-state index >= 15 is 0 Å². The molecule has 2 atom stereocenters. The third-order valence-corrected chi connectivity index (χ3v) is 6.48. The van der Waals surface area contributed by atoms with Gasteiger partial charge in [0, 0.05) is 13.0 Å². The van der Waals surface area contributed by atoms with E-state index in [0.29, 0.717) is 26.2 Å². The van der Waals surface area contributed by atoms with Crippen LogP contribution in [0.1, 0.15) is 42.9 Å². The van der Waals surface area contributed by atoms with Crippen molar-refractivity contribution < 1.29 is 19.1 Å². The van der Waals surface area contributed by atoms with Crippen LogP contribution in [0.15, 0.2) is 48.5 Å². The van der Waals surface area contributed by atoms with Crippen molar-refractivity contribution >= 4 is 11.8 Å². The van der Waals surface area contributed by atoms with Crippen molar-refractivity contribution in [3.8, 4) is 5.75 Å². The van der Waals surface area contributed by atoms with Gasteiger partial charge in [-0.05, 0) is 62.1 Å². The lowest BCUT2D eigenvalue weighted by Gasteiger charge is -2.49. The van der Waals surface area contributed by atoms with Gasteiger partial charge in [-0.3, -0.25) is 14.5 Å². The van der Waals surface area contributed by atoms with E-state index in [1.165, 1.54) is 5.56 Å². The number of rotatable bonds is 5. The number of ether oxygens (including phenoxy) is 2. The number of fused-ring (bicyclic) bond motifs is 2. The summed E-state index contributed by atoms with van der Waals surface area (Å²) in [6.07, 6.45) is 3.26. The average molecular weight is 408 g/mol. The Hall–Kier alpha value is -2.66. The monoisotopic (exact) mass is 407 g/mol. The molecule has 158 valence electrons. The number of likely N-dealkylation sites (tertiary alicyclic amines) is 1. The number of hydrogen-bond donors (Lipinski definition) is 0. The van der Waals surface area contributed by atoms with Crippen molar-refractivity contribution in [3.05, 3.63) is 65.2 Å². The second-order valence-electron chi connectivity index (χ2n) is 8.31. The van der Waals surface area contributed by atoms with Gasteiger partial charge in [0.15, 0.2) is 5.78 Å². The lowest BCUT2D eigenvalue weighted by molar-refractivity contribution is -0.157. The van der Waals surface area contributed by atoms with Crippen molar-refractivity contribution in [1.29, 1.82) is 0 Å². The Labute approximate surface area is 178 Å². The molecule has 0 N–H and O–H groups in total. The highest BCUT2D eigenvalue weighted by Crippen LogP contribution is 2.46. The van der Waals surface area contributed by atoms with E-state index in [9.17, 15) is 9.59 Å². The molecule has 0 bridgehead atoms. The highest BCUT2D eigenvalue weighted by molar-refractivity contribution is 6.00. The van der Waals surface area contributed by atoms with E-state index in [2.05, 4.69) is 17.0 Å². The summed E-state index contributed by atoms with van der Waals surface area (Å²) >= 11 is 0. The first kappa shape index (κ1) is 20.6. The Morgan fingerprint density at radius 3 is 2.77 bits per heavy atom. The van der Waals surface area contributed by atoms with Gasteiger partial charge in [-0.2, -0.15) is 0 Å². The summed E-state index contributed by atoms with van der Waals surface area (Å²) < 4.78 is 11.2. The third-order valence-electron chi connectivity index (χ3n) is 6.48. The Morgan fingerprint density at radius 1 is 1.20 bits per heavy atom. The molecule has 1 heterocycles.